The van der Waals surface area contributed by atoms with Gasteiger partial charge in [-0.05, 0) is 12.5 Å². The number of sulfone groups is 1. The summed E-state index contributed by atoms with van der Waals surface area (Å²) < 4.78 is 30.7. The van der Waals surface area contributed by atoms with Crippen LogP contribution in [0.2, 0.25) is 0 Å². The van der Waals surface area contributed by atoms with Gasteiger partial charge in [0, 0.05) is 23.8 Å². The number of hydrogen-bond acceptors (Lipinski definition) is 6. The van der Waals surface area contributed by atoms with Crippen molar-refractivity contribution in [2.75, 3.05) is 19.5 Å². The summed E-state index contributed by atoms with van der Waals surface area (Å²) in [5.74, 6) is 0.277. The van der Waals surface area contributed by atoms with Crippen LogP contribution < -0.4 is 0 Å². The zero-order valence-electron chi connectivity index (χ0n) is 12.4. The van der Waals surface area contributed by atoms with E-state index >= 15 is 0 Å². The topological polar surface area (TPSA) is 97.9 Å². The molecule has 1 aliphatic rings. The molecular weight excluding hydrogens is 304 g/mol. The molecule has 0 bridgehead atoms. The lowest BCUT2D eigenvalue weighted by molar-refractivity contribution is 0.180. The van der Waals surface area contributed by atoms with Crippen molar-refractivity contribution >= 4 is 20.9 Å². The maximum absolute atomic E-state index is 11.7. The fourth-order valence-corrected chi connectivity index (χ4v) is 3.35. The lowest BCUT2D eigenvalue weighted by atomic mass is 10.0. The Labute approximate surface area is 128 Å². The third-order valence-electron chi connectivity index (χ3n) is 4.02. The quantitative estimate of drug-likeness (QED) is 0.791. The number of fused-ring (bicyclic) bond motifs is 1. The van der Waals surface area contributed by atoms with Gasteiger partial charge in [-0.3, -0.25) is 0 Å². The summed E-state index contributed by atoms with van der Waals surface area (Å²) in [7, 11) is -3.50. The van der Waals surface area contributed by atoms with Crippen molar-refractivity contribution in [1.29, 1.82) is 5.26 Å². The van der Waals surface area contributed by atoms with Gasteiger partial charge in [-0.25, -0.2) is 13.4 Å². The molecule has 1 saturated heterocycles. The van der Waals surface area contributed by atoms with Crippen LogP contribution in [0.1, 0.15) is 25.1 Å². The molecule has 1 aliphatic heterocycles. The molecule has 3 rings (SSSR count). The van der Waals surface area contributed by atoms with E-state index in [1.165, 1.54) is 6.20 Å². The third kappa shape index (κ3) is 2.36. The van der Waals surface area contributed by atoms with Crippen molar-refractivity contribution in [3.8, 4) is 6.07 Å². The Bertz CT molecular complexity index is 866. The SMILES string of the molecule is CC[C@@H]1COC[C@H]1n1c(C#N)cc2cnc(S(C)(=O)=O)nc21. The number of nitriles is 1. The first-order valence-electron chi connectivity index (χ1n) is 7.01. The average Bonchev–Trinajstić information content (AvgIpc) is 3.08. The molecule has 0 aliphatic carbocycles. The Kier molecular flexibility index (Phi) is 3.62. The lowest BCUT2D eigenvalue weighted by Gasteiger charge is -2.19. The van der Waals surface area contributed by atoms with E-state index in [0.717, 1.165) is 12.7 Å². The van der Waals surface area contributed by atoms with Crippen LogP contribution in [0.3, 0.4) is 0 Å². The van der Waals surface area contributed by atoms with Gasteiger partial charge in [-0.1, -0.05) is 6.92 Å². The van der Waals surface area contributed by atoms with Crippen LogP contribution in [0.25, 0.3) is 11.0 Å². The first kappa shape index (κ1) is 14.9. The van der Waals surface area contributed by atoms with Crippen LogP contribution in [0.5, 0.6) is 0 Å². The van der Waals surface area contributed by atoms with Crippen LogP contribution in [0.15, 0.2) is 17.4 Å². The van der Waals surface area contributed by atoms with Crippen molar-refractivity contribution in [2.24, 2.45) is 5.92 Å². The highest BCUT2D eigenvalue weighted by Gasteiger charge is 2.31. The van der Waals surface area contributed by atoms with Crippen LogP contribution >= 0.6 is 0 Å². The molecular formula is C14H16N4O3S. The van der Waals surface area contributed by atoms with E-state index in [1.54, 1.807) is 10.6 Å². The first-order chi connectivity index (χ1) is 10.5. The molecule has 2 atom stereocenters. The third-order valence-corrected chi connectivity index (χ3v) is 4.88. The Balaban J connectivity index is 2.25. The highest BCUT2D eigenvalue weighted by Crippen LogP contribution is 2.33. The molecule has 0 radical (unpaired) electrons. The fraction of sp³-hybridized carbons (Fsp3) is 0.500. The number of nitrogens with zero attached hydrogens (tertiary/aromatic N) is 4. The second-order valence-electron chi connectivity index (χ2n) is 5.49. The van der Waals surface area contributed by atoms with Crippen molar-refractivity contribution in [3.63, 3.8) is 0 Å². The zero-order chi connectivity index (χ0) is 15.9. The van der Waals surface area contributed by atoms with Gasteiger partial charge >= 0.3 is 0 Å². The standard InChI is InChI=1S/C14H16N4O3S/c1-3-9-7-21-8-12(9)18-11(5-15)4-10-6-16-14(17-13(10)18)22(2,19)20/h4,6,9,12H,3,7-8H2,1-2H3/t9-,12-/m1/s1. The molecule has 1 fully saturated rings. The summed E-state index contributed by atoms with van der Waals surface area (Å²) in [4.78, 5) is 8.07. The monoisotopic (exact) mass is 320 g/mol. The van der Waals surface area contributed by atoms with E-state index < -0.39 is 9.84 Å². The predicted octanol–water partition coefficient (Wildman–Crippen LogP) is 1.30. The summed E-state index contributed by atoms with van der Waals surface area (Å²) in [6, 6.07) is 3.83. The number of rotatable bonds is 3. The minimum atomic E-state index is -3.50. The highest BCUT2D eigenvalue weighted by molar-refractivity contribution is 7.90. The van der Waals surface area contributed by atoms with Crippen molar-refractivity contribution in [2.45, 2.75) is 24.5 Å². The molecule has 3 heterocycles. The molecule has 116 valence electrons. The number of hydrogen-bond donors (Lipinski definition) is 0. The Hall–Kier alpha value is -1.98. The Morgan fingerprint density at radius 1 is 1.50 bits per heavy atom. The Morgan fingerprint density at radius 3 is 2.91 bits per heavy atom. The molecule has 0 saturated carbocycles. The molecule has 22 heavy (non-hydrogen) atoms. The second-order valence-corrected chi connectivity index (χ2v) is 7.40. The van der Waals surface area contributed by atoms with Gasteiger partial charge in [-0.15, -0.1) is 0 Å². The van der Waals surface area contributed by atoms with Crippen LogP contribution in [-0.4, -0.2) is 42.4 Å². The Morgan fingerprint density at radius 2 is 2.27 bits per heavy atom. The highest BCUT2D eigenvalue weighted by atomic mass is 32.2. The van der Waals surface area contributed by atoms with Gasteiger partial charge in [-0.2, -0.15) is 10.2 Å². The van der Waals surface area contributed by atoms with E-state index in [2.05, 4.69) is 23.0 Å². The molecule has 0 aromatic carbocycles. The number of aromatic nitrogens is 3. The molecule has 2 aromatic rings. The fourth-order valence-electron chi connectivity index (χ4n) is 2.86. The minimum absolute atomic E-state index is 0.0144. The van der Waals surface area contributed by atoms with Crippen molar-refractivity contribution in [3.05, 3.63) is 18.0 Å². The minimum Gasteiger partial charge on any atom is -0.379 e. The van der Waals surface area contributed by atoms with Gasteiger partial charge in [0.05, 0.1) is 19.3 Å². The molecule has 7 nitrogen and oxygen atoms in total. The normalized spacial score (nSPS) is 22.0. The summed E-state index contributed by atoms with van der Waals surface area (Å²) in [6.07, 6.45) is 3.44. The lowest BCUT2D eigenvalue weighted by Crippen LogP contribution is -2.19. The second kappa shape index (κ2) is 5.34. The van der Waals surface area contributed by atoms with Gasteiger partial charge < -0.3 is 9.30 Å². The molecule has 0 amide bonds. The van der Waals surface area contributed by atoms with Crippen LogP contribution in [-0.2, 0) is 14.6 Å². The van der Waals surface area contributed by atoms with Gasteiger partial charge in [0.1, 0.15) is 17.4 Å². The smallest absolute Gasteiger partial charge is 0.248 e. The van der Waals surface area contributed by atoms with E-state index in [4.69, 9.17) is 4.74 Å². The summed E-state index contributed by atoms with van der Waals surface area (Å²) in [5, 5.41) is 9.82. The van der Waals surface area contributed by atoms with Gasteiger partial charge in [0.25, 0.3) is 0 Å². The molecule has 8 heteroatoms. The van der Waals surface area contributed by atoms with Gasteiger partial charge in [0.15, 0.2) is 0 Å². The van der Waals surface area contributed by atoms with Crippen LogP contribution in [0.4, 0.5) is 0 Å². The molecule has 0 unspecified atom stereocenters. The van der Waals surface area contributed by atoms with Crippen molar-refractivity contribution in [1.82, 2.24) is 14.5 Å². The largest absolute Gasteiger partial charge is 0.379 e. The summed E-state index contributed by atoms with van der Waals surface area (Å²) >= 11 is 0. The van der Waals surface area contributed by atoms with E-state index in [9.17, 15) is 13.7 Å². The maximum Gasteiger partial charge on any atom is 0.248 e. The van der Waals surface area contributed by atoms with Crippen LogP contribution in [0, 0.1) is 17.2 Å². The van der Waals surface area contributed by atoms with Gasteiger partial charge in [0.2, 0.25) is 15.0 Å². The first-order valence-corrected chi connectivity index (χ1v) is 8.90. The predicted molar refractivity (Wildman–Crippen MR) is 79.0 cm³/mol. The number of ether oxygens (including phenoxy) is 1. The molecule has 2 aromatic heterocycles. The zero-order valence-corrected chi connectivity index (χ0v) is 13.2. The van der Waals surface area contributed by atoms with Crippen molar-refractivity contribution < 1.29 is 13.2 Å². The van der Waals surface area contributed by atoms with E-state index in [0.29, 0.717) is 29.9 Å². The van der Waals surface area contributed by atoms with E-state index in [-0.39, 0.29) is 17.1 Å². The summed E-state index contributed by atoms with van der Waals surface area (Å²) in [6.45, 7) is 3.20. The van der Waals surface area contributed by atoms with E-state index in [1.807, 2.05) is 0 Å². The molecule has 0 spiro atoms. The molecule has 0 N–H and O–H groups in total. The average molecular weight is 320 g/mol. The maximum atomic E-state index is 11.7. The summed E-state index contributed by atoms with van der Waals surface area (Å²) in [5.41, 5.74) is 0.921.